The maximum Gasteiger partial charge on any atom is 0.305 e. The third-order valence-corrected chi connectivity index (χ3v) is 2.80. The van der Waals surface area contributed by atoms with Crippen LogP contribution in [0.4, 0.5) is 4.39 Å². The molecule has 0 heterocycles. The third kappa shape index (κ3) is 3.57. The minimum absolute atomic E-state index is 0.261. The van der Waals surface area contributed by atoms with Gasteiger partial charge in [0, 0.05) is 23.2 Å². The van der Waals surface area contributed by atoms with Gasteiger partial charge >= 0.3 is 5.97 Å². The number of carboxylic acids is 1. The highest BCUT2D eigenvalue weighted by molar-refractivity contribution is 5.68. The minimum Gasteiger partial charge on any atom is -0.496 e. The summed E-state index contributed by atoms with van der Waals surface area (Å²) in [5.41, 5.74) is 6.58. The molecule has 6 heteroatoms. The number of carboxylic acid groups (broad SMARTS) is 1. The summed E-state index contributed by atoms with van der Waals surface area (Å²) in [6, 6.07) is 2.24. The van der Waals surface area contributed by atoms with Crippen LogP contribution in [0, 0.1) is 0 Å². The standard InChI is InChI=1S/C13H18FNO4/c1-7(14)8-4-9(10(15)5-13(16)17)12(19-3)6-11(8)18-2/h4,6-7,10H,5,15H2,1-3H3,(H,16,17). The summed E-state index contributed by atoms with van der Waals surface area (Å²) in [4.78, 5) is 10.7. The lowest BCUT2D eigenvalue weighted by Gasteiger charge is -2.18. The highest BCUT2D eigenvalue weighted by Crippen LogP contribution is 2.37. The Morgan fingerprint density at radius 1 is 1.32 bits per heavy atom. The van der Waals surface area contributed by atoms with E-state index >= 15 is 0 Å². The molecule has 0 fully saturated rings. The molecule has 1 aromatic rings. The van der Waals surface area contributed by atoms with Crippen LogP contribution in [0.3, 0.4) is 0 Å². The molecule has 0 aliphatic carbocycles. The van der Waals surface area contributed by atoms with Crippen LogP contribution < -0.4 is 15.2 Å². The van der Waals surface area contributed by atoms with E-state index in [1.165, 1.54) is 33.3 Å². The number of methoxy groups -OCH3 is 2. The van der Waals surface area contributed by atoms with E-state index < -0.39 is 18.2 Å². The predicted octanol–water partition coefficient (Wildman–Crippen LogP) is 2.21. The number of alkyl halides is 1. The second-order valence-corrected chi connectivity index (χ2v) is 4.16. The van der Waals surface area contributed by atoms with Gasteiger partial charge in [0.15, 0.2) is 0 Å². The lowest BCUT2D eigenvalue weighted by molar-refractivity contribution is -0.137. The number of aliphatic carboxylic acids is 1. The SMILES string of the molecule is COc1cc(OC)c(C(N)CC(=O)O)cc1C(C)F. The molecule has 1 aromatic carbocycles. The van der Waals surface area contributed by atoms with E-state index in [2.05, 4.69) is 0 Å². The summed E-state index contributed by atoms with van der Waals surface area (Å²) in [5, 5.41) is 8.77. The molecular formula is C13H18FNO4. The van der Waals surface area contributed by atoms with Crippen molar-refractivity contribution in [2.45, 2.75) is 25.6 Å². The molecule has 2 atom stereocenters. The van der Waals surface area contributed by atoms with Crippen molar-refractivity contribution in [3.8, 4) is 11.5 Å². The lowest BCUT2D eigenvalue weighted by Crippen LogP contribution is -2.16. The summed E-state index contributed by atoms with van der Waals surface area (Å²) in [5.74, 6) is -0.298. The summed E-state index contributed by atoms with van der Waals surface area (Å²) in [7, 11) is 2.86. The Balaban J connectivity index is 3.28. The van der Waals surface area contributed by atoms with Crippen molar-refractivity contribution in [3.05, 3.63) is 23.3 Å². The zero-order valence-corrected chi connectivity index (χ0v) is 11.1. The van der Waals surface area contributed by atoms with Gasteiger partial charge in [0.1, 0.15) is 17.7 Å². The molecule has 0 aliphatic rings. The summed E-state index contributed by atoms with van der Waals surface area (Å²) < 4.78 is 23.8. The van der Waals surface area contributed by atoms with Gasteiger partial charge in [0.05, 0.1) is 20.6 Å². The number of nitrogens with two attached hydrogens (primary N) is 1. The van der Waals surface area contributed by atoms with Gasteiger partial charge in [-0.05, 0) is 13.0 Å². The van der Waals surface area contributed by atoms with E-state index in [0.717, 1.165) is 0 Å². The summed E-state index contributed by atoms with van der Waals surface area (Å²) in [6.45, 7) is 1.37. The van der Waals surface area contributed by atoms with Crippen LogP contribution in [0.15, 0.2) is 12.1 Å². The van der Waals surface area contributed by atoms with Crippen molar-refractivity contribution in [1.82, 2.24) is 0 Å². The fourth-order valence-electron chi connectivity index (χ4n) is 1.85. The predicted molar refractivity (Wildman–Crippen MR) is 68.3 cm³/mol. The third-order valence-electron chi connectivity index (χ3n) is 2.80. The van der Waals surface area contributed by atoms with Gasteiger partial charge in [-0.3, -0.25) is 4.79 Å². The van der Waals surface area contributed by atoms with Crippen LogP contribution >= 0.6 is 0 Å². The fraction of sp³-hybridized carbons (Fsp3) is 0.462. The largest absolute Gasteiger partial charge is 0.496 e. The van der Waals surface area contributed by atoms with Gasteiger partial charge in [-0.1, -0.05) is 0 Å². The Morgan fingerprint density at radius 3 is 2.26 bits per heavy atom. The molecule has 0 amide bonds. The molecule has 3 N–H and O–H groups in total. The fourth-order valence-corrected chi connectivity index (χ4v) is 1.85. The van der Waals surface area contributed by atoms with E-state index in [1.54, 1.807) is 0 Å². The first-order valence-corrected chi connectivity index (χ1v) is 5.78. The number of carbonyl (C=O) groups is 1. The molecule has 0 radical (unpaired) electrons. The molecule has 1 rings (SSSR count). The Morgan fingerprint density at radius 2 is 1.84 bits per heavy atom. The number of benzene rings is 1. The van der Waals surface area contributed by atoms with Crippen molar-refractivity contribution in [2.24, 2.45) is 5.73 Å². The van der Waals surface area contributed by atoms with E-state index in [0.29, 0.717) is 22.6 Å². The van der Waals surface area contributed by atoms with Gasteiger partial charge in [-0.15, -0.1) is 0 Å². The van der Waals surface area contributed by atoms with E-state index in [9.17, 15) is 9.18 Å². The smallest absolute Gasteiger partial charge is 0.305 e. The van der Waals surface area contributed by atoms with Crippen LogP contribution in [0.1, 0.15) is 36.7 Å². The first kappa shape index (κ1) is 15.2. The lowest BCUT2D eigenvalue weighted by atomic mass is 9.98. The number of ether oxygens (including phenoxy) is 2. The van der Waals surface area contributed by atoms with Gasteiger partial charge in [0.2, 0.25) is 0 Å². The highest BCUT2D eigenvalue weighted by Gasteiger charge is 2.20. The summed E-state index contributed by atoms with van der Waals surface area (Å²) >= 11 is 0. The van der Waals surface area contributed by atoms with Crippen molar-refractivity contribution < 1.29 is 23.8 Å². The van der Waals surface area contributed by atoms with Crippen LogP contribution in [0.2, 0.25) is 0 Å². The molecular weight excluding hydrogens is 253 g/mol. The molecule has 0 aromatic heterocycles. The molecule has 0 spiro atoms. The monoisotopic (exact) mass is 271 g/mol. The van der Waals surface area contributed by atoms with Crippen LogP contribution in [-0.2, 0) is 4.79 Å². The topological polar surface area (TPSA) is 81.8 Å². The molecule has 19 heavy (non-hydrogen) atoms. The van der Waals surface area contributed by atoms with Crippen LogP contribution in [0.25, 0.3) is 0 Å². The molecule has 0 bridgehead atoms. The quantitative estimate of drug-likeness (QED) is 0.829. The first-order chi connectivity index (χ1) is 8.90. The van der Waals surface area contributed by atoms with Gasteiger partial charge in [-0.25, -0.2) is 4.39 Å². The van der Waals surface area contributed by atoms with Crippen molar-refractivity contribution in [2.75, 3.05) is 14.2 Å². The normalized spacial score (nSPS) is 13.7. The Labute approximate surface area is 111 Å². The number of hydrogen-bond acceptors (Lipinski definition) is 4. The van der Waals surface area contributed by atoms with Crippen LogP contribution in [0.5, 0.6) is 11.5 Å². The van der Waals surface area contributed by atoms with Gasteiger partial charge in [-0.2, -0.15) is 0 Å². The van der Waals surface area contributed by atoms with E-state index in [4.69, 9.17) is 20.3 Å². The number of halogens is 1. The van der Waals surface area contributed by atoms with Gasteiger partial charge < -0.3 is 20.3 Å². The molecule has 0 aliphatic heterocycles. The Hall–Kier alpha value is -1.82. The van der Waals surface area contributed by atoms with Gasteiger partial charge in [0.25, 0.3) is 0 Å². The average Bonchev–Trinajstić information content (AvgIpc) is 2.35. The van der Waals surface area contributed by atoms with Crippen LogP contribution in [-0.4, -0.2) is 25.3 Å². The maximum absolute atomic E-state index is 13.5. The second kappa shape index (κ2) is 6.38. The second-order valence-electron chi connectivity index (χ2n) is 4.16. The molecule has 0 saturated carbocycles. The molecule has 106 valence electrons. The number of hydrogen-bond donors (Lipinski definition) is 2. The zero-order chi connectivity index (χ0) is 14.6. The van der Waals surface area contributed by atoms with E-state index in [1.807, 2.05) is 0 Å². The van der Waals surface area contributed by atoms with Crippen molar-refractivity contribution >= 4 is 5.97 Å². The molecule has 0 saturated heterocycles. The zero-order valence-electron chi connectivity index (χ0n) is 11.1. The average molecular weight is 271 g/mol. The van der Waals surface area contributed by atoms with Crippen molar-refractivity contribution in [1.29, 1.82) is 0 Å². The number of rotatable bonds is 6. The first-order valence-electron chi connectivity index (χ1n) is 5.78. The maximum atomic E-state index is 13.5. The summed E-state index contributed by atoms with van der Waals surface area (Å²) in [6.07, 6.45) is -1.51. The van der Waals surface area contributed by atoms with E-state index in [-0.39, 0.29) is 6.42 Å². The Bertz CT molecular complexity index is 462. The Kier molecular flexibility index (Phi) is 5.11. The van der Waals surface area contributed by atoms with Crippen molar-refractivity contribution in [3.63, 3.8) is 0 Å². The minimum atomic E-state index is -1.25. The molecule has 5 nitrogen and oxygen atoms in total. The molecule has 2 unspecified atom stereocenters. The highest BCUT2D eigenvalue weighted by atomic mass is 19.1.